The normalized spacial score (nSPS) is 11.7. The van der Waals surface area contributed by atoms with Crippen molar-refractivity contribution in [2.75, 3.05) is 0 Å². The average Bonchev–Trinajstić information content (AvgIpc) is 3.07. The maximum Gasteiger partial charge on any atom is 0.206 e. The van der Waals surface area contributed by atoms with Crippen molar-refractivity contribution in [3.8, 4) is 11.4 Å². The first-order valence-electron chi connectivity index (χ1n) is 7.50. The number of nitrogens with zero attached hydrogens (tertiary/aromatic N) is 1. The van der Waals surface area contributed by atoms with Crippen molar-refractivity contribution in [3.05, 3.63) is 78.9 Å². The molecule has 4 aromatic rings. The van der Waals surface area contributed by atoms with Gasteiger partial charge in [-0.1, -0.05) is 42.5 Å². The van der Waals surface area contributed by atoms with Gasteiger partial charge in [-0.3, -0.25) is 0 Å². The number of nitrogens with one attached hydrogen (secondary N) is 1. The summed E-state index contributed by atoms with van der Waals surface area (Å²) < 4.78 is 25.5. The number of aromatic amines is 1. The Hall–Kier alpha value is -2.92. The van der Waals surface area contributed by atoms with Crippen LogP contribution in [0.25, 0.3) is 22.4 Å². The van der Waals surface area contributed by atoms with Crippen LogP contribution in [0, 0.1) is 0 Å². The summed E-state index contributed by atoms with van der Waals surface area (Å²) in [6, 6.07) is 23.0. The Kier molecular flexibility index (Phi) is 3.43. The van der Waals surface area contributed by atoms with E-state index in [1.54, 1.807) is 48.5 Å². The van der Waals surface area contributed by atoms with Gasteiger partial charge in [0.2, 0.25) is 9.84 Å². The molecule has 3 aromatic carbocycles. The molecule has 1 aromatic heterocycles. The third-order valence-electron chi connectivity index (χ3n) is 3.86. The van der Waals surface area contributed by atoms with Crippen LogP contribution in [0.5, 0.6) is 0 Å². The minimum atomic E-state index is -3.54. The molecule has 4 nitrogen and oxygen atoms in total. The maximum atomic E-state index is 12.8. The van der Waals surface area contributed by atoms with Gasteiger partial charge in [0, 0.05) is 5.56 Å². The summed E-state index contributed by atoms with van der Waals surface area (Å²) in [5.74, 6) is 0.654. The number of sulfone groups is 1. The van der Waals surface area contributed by atoms with Crippen molar-refractivity contribution in [2.24, 2.45) is 0 Å². The molecule has 0 aliphatic rings. The second-order valence-corrected chi connectivity index (χ2v) is 7.40. The van der Waals surface area contributed by atoms with E-state index in [2.05, 4.69) is 9.97 Å². The van der Waals surface area contributed by atoms with Gasteiger partial charge in [0.05, 0.1) is 20.8 Å². The van der Waals surface area contributed by atoms with Crippen LogP contribution in [-0.4, -0.2) is 18.4 Å². The number of hydrogen-bond acceptors (Lipinski definition) is 3. The van der Waals surface area contributed by atoms with Crippen LogP contribution in [0.15, 0.2) is 88.7 Å². The van der Waals surface area contributed by atoms with Gasteiger partial charge in [-0.05, 0) is 36.4 Å². The zero-order valence-corrected chi connectivity index (χ0v) is 13.5. The summed E-state index contributed by atoms with van der Waals surface area (Å²) in [4.78, 5) is 8.29. The van der Waals surface area contributed by atoms with E-state index < -0.39 is 9.84 Å². The Balaban J connectivity index is 1.82. The Morgan fingerprint density at radius 1 is 0.750 bits per heavy atom. The Morgan fingerprint density at radius 3 is 2.25 bits per heavy atom. The number of rotatable bonds is 3. The van der Waals surface area contributed by atoms with E-state index in [1.807, 2.05) is 30.3 Å². The number of benzene rings is 3. The predicted octanol–water partition coefficient (Wildman–Crippen LogP) is 4.06. The molecule has 0 bridgehead atoms. The van der Waals surface area contributed by atoms with Gasteiger partial charge in [0.15, 0.2) is 0 Å². The molecule has 1 N–H and O–H groups in total. The maximum absolute atomic E-state index is 12.8. The number of imidazole rings is 1. The topological polar surface area (TPSA) is 62.8 Å². The first-order valence-corrected chi connectivity index (χ1v) is 8.98. The van der Waals surface area contributed by atoms with E-state index >= 15 is 0 Å². The van der Waals surface area contributed by atoms with Crippen LogP contribution in [-0.2, 0) is 9.84 Å². The lowest BCUT2D eigenvalue weighted by Crippen LogP contribution is -2.01. The number of H-pyrrole nitrogens is 1. The summed E-state index contributed by atoms with van der Waals surface area (Å²) in [6.07, 6.45) is 0. The van der Waals surface area contributed by atoms with Gasteiger partial charge in [-0.25, -0.2) is 13.4 Å². The molecule has 0 spiro atoms. The highest BCUT2D eigenvalue weighted by atomic mass is 32.2. The molecule has 118 valence electrons. The Morgan fingerprint density at radius 2 is 1.46 bits per heavy atom. The van der Waals surface area contributed by atoms with E-state index in [0.717, 1.165) is 16.6 Å². The average molecular weight is 334 g/mol. The molecule has 0 saturated carbocycles. The molecule has 4 rings (SSSR count). The lowest BCUT2D eigenvalue weighted by Gasteiger charge is -2.06. The van der Waals surface area contributed by atoms with Crippen molar-refractivity contribution >= 4 is 20.9 Å². The fourth-order valence-electron chi connectivity index (χ4n) is 2.64. The Bertz CT molecular complexity index is 1080. The van der Waals surface area contributed by atoms with E-state index in [-0.39, 0.29) is 9.79 Å². The molecular weight excluding hydrogens is 320 g/mol. The molecule has 0 atom stereocenters. The number of hydrogen-bond donors (Lipinski definition) is 1. The molecule has 24 heavy (non-hydrogen) atoms. The largest absolute Gasteiger partial charge is 0.338 e. The van der Waals surface area contributed by atoms with Crippen LogP contribution in [0.2, 0.25) is 0 Å². The fraction of sp³-hybridized carbons (Fsp3) is 0. The van der Waals surface area contributed by atoms with Gasteiger partial charge in [0.25, 0.3) is 0 Å². The third kappa shape index (κ3) is 2.49. The van der Waals surface area contributed by atoms with E-state index in [4.69, 9.17) is 0 Å². The highest BCUT2D eigenvalue weighted by molar-refractivity contribution is 7.91. The summed E-state index contributed by atoms with van der Waals surface area (Å²) in [5, 5.41) is 0. The van der Waals surface area contributed by atoms with Crippen molar-refractivity contribution in [2.45, 2.75) is 9.79 Å². The minimum absolute atomic E-state index is 0.256. The molecule has 0 fully saturated rings. The molecule has 0 amide bonds. The lowest BCUT2D eigenvalue weighted by molar-refractivity contribution is 0.596. The summed E-state index contributed by atoms with van der Waals surface area (Å²) >= 11 is 0. The van der Waals surface area contributed by atoms with E-state index in [0.29, 0.717) is 5.82 Å². The predicted molar refractivity (Wildman–Crippen MR) is 93.4 cm³/mol. The summed E-state index contributed by atoms with van der Waals surface area (Å²) in [5.41, 5.74) is 2.51. The zero-order valence-electron chi connectivity index (χ0n) is 12.7. The molecule has 5 heteroatoms. The molecule has 0 radical (unpaired) electrons. The highest BCUT2D eigenvalue weighted by Gasteiger charge is 2.18. The summed E-state index contributed by atoms with van der Waals surface area (Å²) in [6.45, 7) is 0. The van der Waals surface area contributed by atoms with Crippen LogP contribution in [0.4, 0.5) is 0 Å². The summed E-state index contributed by atoms with van der Waals surface area (Å²) in [7, 11) is -3.54. The molecule has 0 unspecified atom stereocenters. The van der Waals surface area contributed by atoms with Gasteiger partial charge >= 0.3 is 0 Å². The SMILES string of the molecule is O=S(=O)(c1ccccc1)c1cccc(-c2nc3ccccc3[nH]2)c1. The van der Waals surface area contributed by atoms with Crippen LogP contribution >= 0.6 is 0 Å². The molecule has 0 saturated heterocycles. The van der Waals surface area contributed by atoms with Crippen molar-refractivity contribution in [1.82, 2.24) is 9.97 Å². The number of para-hydroxylation sites is 2. The monoisotopic (exact) mass is 334 g/mol. The lowest BCUT2D eigenvalue weighted by atomic mass is 10.2. The smallest absolute Gasteiger partial charge is 0.206 e. The van der Waals surface area contributed by atoms with Gasteiger partial charge in [-0.15, -0.1) is 0 Å². The van der Waals surface area contributed by atoms with Crippen LogP contribution in [0.1, 0.15) is 0 Å². The minimum Gasteiger partial charge on any atom is -0.338 e. The van der Waals surface area contributed by atoms with E-state index in [1.165, 1.54) is 0 Å². The number of aromatic nitrogens is 2. The highest BCUT2D eigenvalue weighted by Crippen LogP contribution is 2.26. The third-order valence-corrected chi connectivity index (χ3v) is 5.63. The van der Waals surface area contributed by atoms with Crippen molar-refractivity contribution in [3.63, 3.8) is 0 Å². The zero-order chi connectivity index (χ0) is 16.6. The quantitative estimate of drug-likeness (QED) is 0.614. The Labute approximate surface area is 139 Å². The standard InChI is InChI=1S/C19H14N2O2S/c22-24(23,15-8-2-1-3-9-15)16-10-6-7-14(13-16)19-20-17-11-4-5-12-18(17)21-19/h1-13H,(H,20,21). The van der Waals surface area contributed by atoms with Crippen molar-refractivity contribution in [1.29, 1.82) is 0 Å². The van der Waals surface area contributed by atoms with Crippen molar-refractivity contribution < 1.29 is 8.42 Å². The van der Waals surface area contributed by atoms with Crippen LogP contribution in [0.3, 0.4) is 0 Å². The van der Waals surface area contributed by atoms with Gasteiger partial charge in [-0.2, -0.15) is 0 Å². The second kappa shape index (κ2) is 5.62. The van der Waals surface area contributed by atoms with Gasteiger partial charge < -0.3 is 4.98 Å². The molecular formula is C19H14N2O2S. The first kappa shape index (κ1) is 14.7. The number of fused-ring (bicyclic) bond motifs is 1. The fourth-order valence-corrected chi connectivity index (χ4v) is 3.96. The van der Waals surface area contributed by atoms with Gasteiger partial charge in [0.1, 0.15) is 5.82 Å². The molecule has 0 aliphatic carbocycles. The second-order valence-electron chi connectivity index (χ2n) is 5.45. The molecule has 1 heterocycles. The first-order chi connectivity index (χ1) is 11.6. The van der Waals surface area contributed by atoms with E-state index in [9.17, 15) is 8.42 Å². The van der Waals surface area contributed by atoms with Crippen LogP contribution < -0.4 is 0 Å². The molecule has 0 aliphatic heterocycles.